The van der Waals surface area contributed by atoms with Crippen LogP contribution in [0.3, 0.4) is 0 Å². The molecule has 3 aliphatic rings. The minimum absolute atomic E-state index is 0.110. The molecule has 0 aromatic carbocycles. The summed E-state index contributed by atoms with van der Waals surface area (Å²) < 4.78 is 5.48. The number of piperidine rings is 2. The van der Waals surface area contributed by atoms with E-state index in [1.807, 2.05) is 4.90 Å². The molecule has 3 fully saturated rings. The zero-order valence-corrected chi connectivity index (χ0v) is 13.6. The van der Waals surface area contributed by atoms with Gasteiger partial charge in [-0.1, -0.05) is 6.92 Å². The first kappa shape index (κ1) is 15.8. The van der Waals surface area contributed by atoms with E-state index in [1.54, 1.807) is 0 Å². The second kappa shape index (κ2) is 6.99. The maximum absolute atomic E-state index is 12.6. The molecule has 2 amide bonds. The highest BCUT2D eigenvalue weighted by atomic mass is 16.5. The summed E-state index contributed by atoms with van der Waals surface area (Å²) in [5, 5.41) is 0. The first-order valence-electron chi connectivity index (χ1n) is 8.84. The van der Waals surface area contributed by atoms with Crippen molar-refractivity contribution < 1.29 is 14.3 Å². The number of hydrogen-bond donors (Lipinski definition) is 0. The molecule has 0 bridgehead atoms. The number of likely N-dealkylation sites (tertiary alicyclic amines) is 2. The molecule has 3 aliphatic heterocycles. The van der Waals surface area contributed by atoms with Crippen molar-refractivity contribution in [2.45, 2.75) is 51.6 Å². The van der Waals surface area contributed by atoms with Gasteiger partial charge in [0, 0.05) is 38.7 Å². The standard InChI is InChI=1S/C17H28N2O3/c1-13-4-2-8-19(12-13)16(20)14-6-9-18(10-7-14)17(21)15-5-3-11-22-15/h13-15H,2-12H2,1H3. The molecule has 124 valence electrons. The summed E-state index contributed by atoms with van der Waals surface area (Å²) in [5.74, 6) is 1.18. The van der Waals surface area contributed by atoms with Gasteiger partial charge in [-0.2, -0.15) is 0 Å². The van der Waals surface area contributed by atoms with Crippen LogP contribution in [0.1, 0.15) is 45.4 Å². The average molecular weight is 308 g/mol. The van der Waals surface area contributed by atoms with Gasteiger partial charge in [-0.25, -0.2) is 0 Å². The Morgan fingerprint density at radius 2 is 1.68 bits per heavy atom. The normalized spacial score (nSPS) is 30.6. The fraction of sp³-hybridized carbons (Fsp3) is 0.882. The molecule has 5 nitrogen and oxygen atoms in total. The van der Waals surface area contributed by atoms with Gasteiger partial charge in [-0.15, -0.1) is 0 Å². The summed E-state index contributed by atoms with van der Waals surface area (Å²) in [6.45, 7) is 6.17. The predicted octanol–water partition coefficient (Wildman–Crippen LogP) is 1.66. The van der Waals surface area contributed by atoms with E-state index >= 15 is 0 Å². The van der Waals surface area contributed by atoms with Crippen LogP contribution in [0.5, 0.6) is 0 Å². The van der Waals surface area contributed by atoms with Gasteiger partial charge < -0.3 is 14.5 Å². The van der Waals surface area contributed by atoms with Gasteiger partial charge in [-0.3, -0.25) is 9.59 Å². The third-order valence-corrected chi connectivity index (χ3v) is 5.33. The van der Waals surface area contributed by atoms with Gasteiger partial charge >= 0.3 is 0 Å². The topological polar surface area (TPSA) is 49.9 Å². The Labute approximate surface area is 133 Å². The first-order chi connectivity index (χ1) is 10.6. The van der Waals surface area contributed by atoms with Gasteiger partial charge in [-0.05, 0) is 44.4 Å². The molecule has 5 heteroatoms. The SMILES string of the molecule is CC1CCCN(C(=O)C2CCN(C(=O)C3CCCO3)CC2)C1. The van der Waals surface area contributed by atoms with E-state index < -0.39 is 0 Å². The van der Waals surface area contributed by atoms with E-state index in [-0.39, 0.29) is 17.9 Å². The van der Waals surface area contributed by atoms with Crippen LogP contribution in [0.25, 0.3) is 0 Å². The molecule has 3 rings (SSSR count). The van der Waals surface area contributed by atoms with Gasteiger partial charge in [0.05, 0.1) is 0 Å². The summed E-state index contributed by atoms with van der Waals surface area (Å²) in [6.07, 6.45) is 5.59. The summed E-state index contributed by atoms with van der Waals surface area (Å²) in [6, 6.07) is 0. The molecule has 22 heavy (non-hydrogen) atoms. The second-order valence-electron chi connectivity index (χ2n) is 7.13. The first-order valence-corrected chi connectivity index (χ1v) is 8.84. The third kappa shape index (κ3) is 3.45. The lowest BCUT2D eigenvalue weighted by Gasteiger charge is -2.37. The Morgan fingerprint density at radius 3 is 2.32 bits per heavy atom. The van der Waals surface area contributed by atoms with Crippen LogP contribution in [0.2, 0.25) is 0 Å². The zero-order chi connectivity index (χ0) is 15.5. The number of carbonyl (C=O) groups is 2. The van der Waals surface area contributed by atoms with Crippen LogP contribution in [-0.4, -0.2) is 60.5 Å². The fourth-order valence-corrected chi connectivity index (χ4v) is 3.97. The van der Waals surface area contributed by atoms with Crippen molar-refractivity contribution in [2.24, 2.45) is 11.8 Å². The van der Waals surface area contributed by atoms with Gasteiger partial charge in [0.25, 0.3) is 5.91 Å². The van der Waals surface area contributed by atoms with Crippen LogP contribution in [0.4, 0.5) is 0 Å². The lowest BCUT2D eigenvalue weighted by atomic mass is 9.92. The van der Waals surface area contributed by atoms with E-state index in [4.69, 9.17) is 4.74 Å². The molecule has 0 spiro atoms. The van der Waals surface area contributed by atoms with Crippen molar-refractivity contribution in [2.75, 3.05) is 32.8 Å². The zero-order valence-electron chi connectivity index (χ0n) is 13.6. The van der Waals surface area contributed by atoms with Gasteiger partial charge in [0.2, 0.25) is 5.91 Å². The minimum atomic E-state index is -0.227. The number of carbonyl (C=O) groups excluding carboxylic acids is 2. The molecule has 2 atom stereocenters. The summed E-state index contributed by atoms with van der Waals surface area (Å²) in [5.41, 5.74) is 0. The molecule has 0 saturated carbocycles. The lowest BCUT2D eigenvalue weighted by Crippen LogP contribution is -2.48. The second-order valence-corrected chi connectivity index (χ2v) is 7.13. The Kier molecular flexibility index (Phi) is 5.01. The van der Waals surface area contributed by atoms with E-state index in [0.717, 1.165) is 45.2 Å². The molecule has 2 unspecified atom stereocenters. The molecule has 0 N–H and O–H groups in total. The van der Waals surface area contributed by atoms with Crippen molar-refractivity contribution in [1.82, 2.24) is 9.80 Å². The average Bonchev–Trinajstić information content (AvgIpc) is 3.08. The smallest absolute Gasteiger partial charge is 0.251 e. The Balaban J connectivity index is 1.48. The Hall–Kier alpha value is -1.10. The number of amides is 2. The predicted molar refractivity (Wildman–Crippen MR) is 83.3 cm³/mol. The maximum atomic E-state index is 12.6. The molecule has 3 heterocycles. The van der Waals surface area contributed by atoms with Crippen molar-refractivity contribution in [3.63, 3.8) is 0 Å². The number of nitrogens with zero attached hydrogens (tertiary/aromatic N) is 2. The largest absolute Gasteiger partial charge is 0.368 e. The van der Waals surface area contributed by atoms with Crippen molar-refractivity contribution >= 4 is 11.8 Å². The Morgan fingerprint density at radius 1 is 0.909 bits per heavy atom. The fourth-order valence-electron chi connectivity index (χ4n) is 3.97. The Bertz CT molecular complexity index is 412. The quantitative estimate of drug-likeness (QED) is 0.779. The molecule has 3 saturated heterocycles. The minimum Gasteiger partial charge on any atom is -0.368 e. The lowest BCUT2D eigenvalue weighted by molar-refractivity contribution is -0.146. The monoisotopic (exact) mass is 308 g/mol. The van der Waals surface area contributed by atoms with Crippen LogP contribution in [-0.2, 0) is 14.3 Å². The highest BCUT2D eigenvalue weighted by molar-refractivity contribution is 5.82. The van der Waals surface area contributed by atoms with E-state index in [0.29, 0.717) is 31.5 Å². The molecular weight excluding hydrogens is 280 g/mol. The number of ether oxygens (including phenoxy) is 1. The number of rotatable bonds is 2. The van der Waals surface area contributed by atoms with Crippen molar-refractivity contribution in [3.8, 4) is 0 Å². The molecule has 0 aliphatic carbocycles. The molecule has 0 radical (unpaired) electrons. The van der Waals surface area contributed by atoms with Gasteiger partial charge in [0.1, 0.15) is 6.10 Å². The summed E-state index contributed by atoms with van der Waals surface area (Å²) in [4.78, 5) is 28.9. The van der Waals surface area contributed by atoms with E-state index in [2.05, 4.69) is 11.8 Å². The van der Waals surface area contributed by atoms with Crippen LogP contribution < -0.4 is 0 Å². The highest BCUT2D eigenvalue weighted by Crippen LogP contribution is 2.25. The van der Waals surface area contributed by atoms with Crippen molar-refractivity contribution in [1.29, 1.82) is 0 Å². The molecule has 0 aromatic heterocycles. The van der Waals surface area contributed by atoms with E-state index in [1.165, 1.54) is 6.42 Å². The van der Waals surface area contributed by atoms with Crippen LogP contribution in [0, 0.1) is 11.8 Å². The summed E-state index contributed by atoms with van der Waals surface area (Å²) >= 11 is 0. The van der Waals surface area contributed by atoms with E-state index in [9.17, 15) is 9.59 Å². The van der Waals surface area contributed by atoms with Crippen LogP contribution >= 0.6 is 0 Å². The van der Waals surface area contributed by atoms with Crippen molar-refractivity contribution in [3.05, 3.63) is 0 Å². The molecule has 0 aromatic rings. The molecular formula is C17H28N2O3. The van der Waals surface area contributed by atoms with Crippen LogP contribution in [0.15, 0.2) is 0 Å². The maximum Gasteiger partial charge on any atom is 0.251 e. The number of hydrogen-bond acceptors (Lipinski definition) is 3. The third-order valence-electron chi connectivity index (χ3n) is 5.33. The van der Waals surface area contributed by atoms with Gasteiger partial charge in [0.15, 0.2) is 0 Å². The summed E-state index contributed by atoms with van der Waals surface area (Å²) in [7, 11) is 0. The highest BCUT2D eigenvalue weighted by Gasteiger charge is 2.34.